The van der Waals surface area contributed by atoms with Crippen LogP contribution in [-0.2, 0) is 4.79 Å². The van der Waals surface area contributed by atoms with Crippen molar-refractivity contribution in [1.29, 1.82) is 0 Å². The summed E-state index contributed by atoms with van der Waals surface area (Å²) in [5.74, 6) is -0.750. The van der Waals surface area contributed by atoms with E-state index in [0.29, 0.717) is 10.7 Å². The molecule has 22 heavy (non-hydrogen) atoms. The van der Waals surface area contributed by atoms with Gasteiger partial charge in [0.05, 0.1) is 5.56 Å². The Bertz CT molecular complexity index is 736. The highest BCUT2D eigenvalue weighted by Gasteiger charge is 2.10. The van der Waals surface area contributed by atoms with Crippen molar-refractivity contribution in [1.82, 2.24) is 0 Å². The van der Waals surface area contributed by atoms with Crippen molar-refractivity contribution in [2.24, 2.45) is 0 Å². The molecule has 2 rings (SSSR count). The van der Waals surface area contributed by atoms with E-state index in [4.69, 9.17) is 11.6 Å². The molecule has 112 valence electrons. The summed E-state index contributed by atoms with van der Waals surface area (Å²) >= 11 is 5.79. The maximum atomic E-state index is 12.2. The molecule has 0 atom stereocenters. The maximum absolute atomic E-state index is 12.2. The number of amides is 1. The van der Waals surface area contributed by atoms with Crippen LogP contribution in [0.3, 0.4) is 0 Å². The van der Waals surface area contributed by atoms with Crippen LogP contribution >= 0.6 is 11.6 Å². The first-order valence-electron chi connectivity index (χ1n) is 6.54. The standard InChI is InChI=1S/C17H14ClNO3/c1-11(20)19-14-7-9-17(22)15(10-14)16(21)8-4-12-2-5-13(18)6-3-12/h2-10,22H,1H3,(H,19,20)/b8-4+. The lowest BCUT2D eigenvalue weighted by Gasteiger charge is -2.05. The number of halogens is 1. The first-order chi connectivity index (χ1) is 10.5. The Balaban J connectivity index is 2.21. The van der Waals surface area contributed by atoms with Crippen molar-refractivity contribution in [3.05, 3.63) is 64.7 Å². The van der Waals surface area contributed by atoms with Crippen molar-refractivity contribution in [2.45, 2.75) is 6.92 Å². The number of nitrogens with one attached hydrogen (secondary N) is 1. The van der Waals surface area contributed by atoms with Crippen LogP contribution in [0.15, 0.2) is 48.5 Å². The summed E-state index contributed by atoms with van der Waals surface area (Å²) in [5.41, 5.74) is 1.39. The van der Waals surface area contributed by atoms with E-state index in [2.05, 4.69) is 5.32 Å². The average Bonchev–Trinajstić information content (AvgIpc) is 2.48. The van der Waals surface area contributed by atoms with E-state index in [9.17, 15) is 14.7 Å². The van der Waals surface area contributed by atoms with Crippen LogP contribution in [0.4, 0.5) is 5.69 Å². The third kappa shape index (κ3) is 4.20. The molecule has 0 radical (unpaired) electrons. The fourth-order valence-corrected chi connectivity index (χ4v) is 1.98. The topological polar surface area (TPSA) is 66.4 Å². The van der Waals surface area contributed by atoms with E-state index < -0.39 is 0 Å². The Kier molecular flexibility index (Phi) is 4.96. The SMILES string of the molecule is CC(=O)Nc1ccc(O)c(C(=O)/C=C/c2ccc(Cl)cc2)c1. The zero-order valence-corrected chi connectivity index (χ0v) is 12.6. The monoisotopic (exact) mass is 315 g/mol. The quantitative estimate of drug-likeness (QED) is 0.511. The van der Waals surface area contributed by atoms with Crippen LogP contribution in [-0.4, -0.2) is 16.8 Å². The van der Waals surface area contributed by atoms with Gasteiger partial charge in [0.2, 0.25) is 5.91 Å². The molecule has 5 heteroatoms. The number of rotatable bonds is 4. The summed E-state index contributed by atoms with van der Waals surface area (Å²) in [5, 5.41) is 13.0. The van der Waals surface area contributed by atoms with Gasteiger partial charge in [-0.3, -0.25) is 9.59 Å². The number of phenols is 1. The molecule has 0 saturated carbocycles. The van der Waals surface area contributed by atoms with Crippen LogP contribution in [0.1, 0.15) is 22.8 Å². The molecule has 2 aromatic rings. The lowest BCUT2D eigenvalue weighted by atomic mass is 10.1. The molecule has 0 bridgehead atoms. The Morgan fingerprint density at radius 2 is 1.82 bits per heavy atom. The molecule has 0 aliphatic heterocycles. The van der Waals surface area contributed by atoms with Gasteiger partial charge in [-0.25, -0.2) is 0 Å². The van der Waals surface area contributed by atoms with E-state index >= 15 is 0 Å². The summed E-state index contributed by atoms with van der Waals surface area (Å²) in [6, 6.07) is 11.3. The molecule has 0 unspecified atom stereocenters. The van der Waals surface area contributed by atoms with Crippen LogP contribution in [0.2, 0.25) is 5.02 Å². The molecule has 0 spiro atoms. The van der Waals surface area contributed by atoms with Gasteiger partial charge >= 0.3 is 0 Å². The van der Waals surface area contributed by atoms with Gasteiger partial charge in [0.25, 0.3) is 0 Å². The molecule has 0 saturated heterocycles. The van der Waals surface area contributed by atoms with Crippen LogP contribution in [0, 0.1) is 0 Å². The Morgan fingerprint density at radius 1 is 1.14 bits per heavy atom. The normalized spacial score (nSPS) is 10.6. The molecule has 0 fully saturated rings. The van der Waals surface area contributed by atoms with Crippen LogP contribution < -0.4 is 5.32 Å². The number of hydrogen-bond donors (Lipinski definition) is 2. The van der Waals surface area contributed by atoms with Crippen LogP contribution in [0.25, 0.3) is 6.08 Å². The van der Waals surface area contributed by atoms with Gasteiger partial charge in [0, 0.05) is 17.6 Å². The minimum atomic E-state index is -0.361. The molecule has 0 aliphatic carbocycles. The minimum absolute atomic E-state index is 0.122. The van der Waals surface area contributed by atoms with E-state index in [1.807, 2.05) is 0 Å². The number of aromatic hydroxyl groups is 1. The molecule has 2 aromatic carbocycles. The highest BCUT2D eigenvalue weighted by atomic mass is 35.5. The molecular formula is C17H14ClNO3. The first-order valence-corrected chi connectivity index (χ1v) is 6.92. The predicted octanol–water partition coefficient (Wildman–Crippen LogP) is 3.90. The smallest absolute Gasteiger partial charge is 0.221 e. The molecule has 2 N–H and O–H groups in total. The van der Waals surface area contributed by atoms with Crippen molar-refractivity contribution in [2.75, 3.05) is 5.32 Å². The zero-order valence-electron chi connectivity index (χ0n) is 11.8. The second kappa shape index (κ2) is 6.91. The second-order valence-corrected chi connectivity index (χ2v) is 5.10. The van der Waals surface area contributed by atoms with Crippen molar-refractivity contribution >= 4 is 35.1 Å². The lowest BCUT2D eigenvalue weighted by molar-refractivity contribution is -0.114. The summed E-state index contributed by atoms with van der Waals surface area (Å²) in [6.07, 6.45) is 2.99. The highest BCUT2D eigenvalue weighted by molar-refractivity contribution is 6.30. The van der Waals surface area contributed by atoms with Gasteiger partial charge in [0.1, 0.15) is 5.75 Å². The van der Waals surface area contributed by atoms with Crippen LogP contribution in [0.5, 0.6) is 5.75 Å². The van der Waals surface area contributed by atoms with E-state index in [1.54, 1.807) is 30.3 Å². The third-order valence-electron chi connectivity index (χ3n) is 2.88. The van der Waals surface area contributed by atoms with E-state index in [-0.39, 0.29) is 23.0 Å². The number of phenolic OH excluding ortho intramolecular Hbond substituents is 1. The predicted molar refractivity (Wildman–Crippen MR) is 87.2 cm³/mol. The molecule has 0 aromatic heterocycles. The fourth-order valence-electron chi connectivity index (χ4n) is 1.85. The van der Waals surface area contributed by atoms with Gasteiger partial charge in [-0.05, 0) is 42.0 Å². The minimum Gasteiger partial charge on any atom is -0.507 e. The number of carbonyl (C=O) groups excluding carboxylic acids is 2. The highest BCUT2D eigenvalue weighted by Crippen LogP contribution is 2.23. The van der Waals surface area contributed by atoms with E-state index in [0.717, 1.165) is 5.56 Å². The lowest BCUT2D eigenvalue weighted by Crippen LogP contribution is -2.06. The van der Waals surface area contributed by atoms with Crippen molar-refractivity contribution < 1.29 is 14.7 Å². The second-order valence-electron chi connectivity index (χ2n) is 4.66. The van der Waals surface area contributed by atoms with Gasteiger partial charge < -0.3 is 10.4 Å². The average molecular weight is 316 g/mol. The van der Waals surface area contributed by atoms with Gasteiger partial charge in [-0.15, -0.1) is 0 Å². The largest absolute Gasteiger partial charge is 0.507 e. The van der Waals surface area contributed by atoms with E-state index in [1.165, 1.54) is 31.2 Å². The number of ketones is 1. The van der Waals surface area contributed by atoms with Crippen molar-refractivity contribution in [3.63, 3.8) is 0 Å². The van der Waals surface area contributed by atoms with Gasteiger partial charge in [-0.2, -0.15) is 0 Å². The van der Waals surface area contributed by atoms with Crippen molar-refractivity contribution in [3.8, 4) is 5.75 Å². The number of anilines is 1. The summed E-state index contributed by atoms with van der Waals surface area (Å²) in [4.78, 5) is 23.2. The number of allylic oxidation sites excluding steroid dienone is 1. The maximum Gasteiger partial charge on any atom is 0.221 e. The zero-order chi connectivity index (χ0) is 16.1. The number of carbonyl (C=O) groups is 2. The summed E-state index contributed by atoms with van der Waals surface area (Å²) in [7, 11) is 0. The fraction of sp³-hybridized carbons (Fsp3) is 0.0588. The molecule has 0 aliphatic rings. The Hall–Kier alpha value is -2.59. The Labute approximate surface area is 133 Å². The van der Waals surface area contributed by atoms with Gasteiger partial charge in [0.15, 0.2) is 5.78 Å². The molecule has 4 nitrogen and oxygen atoms in total. The summed E-state index contributed by atoms with van der Waals surface area (Å²) in [6.45, 7) is 1.37. The first kappa shape index (κ1) is 15.8. The third-order valence-corrected chi connectivity index (χ3v) is 3.13. The molecule has 0 heterocycles. The Morgan fingerprint density at radius 3 is 2.45 bits per heavy atom. The molecule has 1 amide bonds. The molecular weight excluding hydrogens is 302 g/mol. The number of benzene rings is 2. The summed E-state index contributed by atoms with van der Waals surface area (Å²) < 4.78 is 0. The van der Waals surface area contributed by atoms with Gasteiger partial charge in [-0.1, -0.05) is 29.8 Å². The number of hydrogen-bond acceptors (Lipinski definition) is 3.